The van der Waals surface area contributed by atoms with Crippen LogP contribution >= 0.6 is 11.3 Å². The van der Waals surface area contributed by atoms with Crippen LogP contribution in [0.3, 0.4) is 0 Å². The molecule has 0 unspecified atom stereocenters. The Balaban J connectivity index is 1.68. The Kier molecular flexibility index (Phi) is 4.39. The zero-order chi connectivity index (χ0) is 16.4. The van der Waals surface area contributed by atoms with Gasteiger partial charge in [0.15, 0.2) is 0 Å². The highest BCUT2D eigenvalue weighted by molar-refractivity contribution is 7.10. The molecule has 0 radical (unpaired) electrons. The van der Waals surface area contributed by atoms with Crippen molar-refractivity contribution in [3.63, 3.8) is 0 Å². The third-order valence-corrected chi connectivity index (χ3v) is 5.60. The fraction of sp³-hybridized carbons (Fsp3) is 0.444. The fourth-order valence-corrected chi connectivity index (χ4v) is 4.18. The van der Waals surface area contributed by atoms with Crippen LogP contribution in [0.15, 0.2) is 33.5 Å². The minimum absolute atomic E-state index is 0.128. The highest BCUT2D eigenvalue weighted by Gasteiger charge is 2.31. The van der Waals surface area contributed by atoms with E-state index in [1.165, 1.54) is 10.4 Å². The van der Waals surface area contributed by atoms with Gasteiger partial charge in [0.1, 0.15) is 0 Å². The standard InChI is InChI=1S/C18H22N2O2S/c1-18(2,3)13-4-5-14-15(11-23-16(14)8-13)17(21)20-19-9-12-6-7-22-10-12/h6-7,9-11,13H,4-5,8H2,1-3H3,(H,20,21)/t13-/m0/s1. The summed E-state index contributed by atoms with van der Waals surface area (Å²) in [6, 6.07) is 1.79. The summed E-state index contributed by atoms with van der Waals surface area (Å²) in [5, 5.41) is 5.96. The van der Waals surface area contributed by atoms with Crippen molar-refractivity contribution in [2.24, 2.45) is 16.4 Å². The molecule has 1 atom stereocenters. The van der Waals surface area contributed by atoms with Gasteiger partial charge in [0.05, 0.1) is 24.3 Å². The molecule has 5 heteroatoms. The maximum absolute atomic E-state index is 12.3. The first-order chi connectivity index (χ1) is 10.9. The zero-order valence-electron chi connectivity index (χ0n) is 13.8. The van der Waals surface area contributed by atoms with Crippen molar-refractivity contribution in [2.45, 2.75) is 40.0 Å². The third kappa shape index (κ3) is 3.55. The van der Waals surface area contributed by atoms with Crippen molar-refractivity contribution in [1.29, 1.82) is 0 Å². The lowest BCUT2D eigenvalue weighted by Gasteiger charge is -2.33. The molecule has 23 heavy (non-hydrogen) atoms. The van der Waals surface area contributed by atoms with Crippen LogP contribution in [0.1, 0.15) is 53.6 Å². The van der Waals surface area contributed by atoms with E-state index in [1.807, 2.05) is 5.38 Å². The Morgan fingerprint density at radius 2 is 2.30 bits per heavy atom. The Bertz CT molecular complexity index is 708. The molecule has 122 valence electrons. The molecule has 0 aromatic carbocycles. The molecule has 0 saturated heterocycles. The summed E-state index contributed by atoms with van der Waals surface area (Å²) < 4.78 is 4.95. The number of carbonyl (C=O) groups excluding carboxylic acids is 1. The number of furan rings is 1. The van der Waals surface area contributed by atoms with Crippen LogP contribution in [0.25, 0.3) is 0 Å². The van der Waals surface area contributed by atoms with E-state index < -0.39 is 0 Å². The monoisotopic (exact) mass is 330 g/mol. The summed E-state index contributed by atoms with van der Waals surface area (Å²) in [7, 11) is 0. The molecule has 1 aliphatic rings. The number of hydrazone groups is 1. The van der Waals surface area contributed by atoms with Gasteiger partial charge in [-0.3, -0.25) is 4.79 Å². The van der Waals surface area contributed by atoms with E-state index in [0.717, 1.165) is 30.4 Å². The van der Waals surface area contributed by atoms with Gasteiger partial charge < -0.3 is 4.42 Å². The van der Waals surface area contributed by atoms with Crippen LogP contribution in [0.2, 0.25) is 0 Å². The molecule has 2 aromatic rings. The van der Waals surface area contributed by atoms with E-state index >= 15 is 0 Å². The van der Waals surface area contributed by atoms with E-state index in [1.54, 1.807) is 36.1 Å². The second kappa shape index (κ2) is 6.32. The molecule has 0 fully saturated rings. The summed E-state index contributed by atoms with van der Waals surface area (Å²) in [4.78, 5) is 13.7. The summed E-state index contributed by atoms with van der Waals surface area (Å²) in [6.07, 6.45) is 7.94. The first-order valence-electron chi connectivity index (χ1n) is 7.90. The molecule has 1 N–H and O–H groups in total. The molecule has 0 aliphatic heterocycles. The molecule has 0 saturated carbocycles. The number of rotatable bonds is 3. The number of carbonyl (C=O) groups is 1. The maximum atomic E-state index is 12.3. The van der Waals surface area contributed by atoms with Crippen LogP contribution in [0, 0.1) is 11.3 Å². The topological polar surface area (TPSA) is 54.6 Å². The molecule has 3 rings (SSSR count). The van der Waals surface area contributed by atoms with Crippen LogP contribution < -0.4 is 5.43 Å². The smallest absolute Gasteiger partial charge is 0.272 e. The second-order valence-electron chi connectivity index (χ2n) is 7.11. The van der Waals surface area contributed by atoms with Crippen LogP contribution in [-0.2, 0) is 12.8 Å². The first kappa shape index (κ1) is 16.0. The molecule has 2 heterocycles. The largest absolute Gasteiger partial charge is 0.472 e. The molecule has 1 amide bonds. The molecular weight excluding hydrogens is 308 g/mol. The van der Waals surface area contributed by atoms with Crippen molar-refractivity contribution >= 4 is 23.5 Å². The quantitative estimate of drug-likeness (QED) is 0.675. The van der Waals surface area contributed by atoms with E-state index in [0.29, 0.717) is 11.3 Å². The van der Waals surface area contributed by atoms with E-state index in [9.17, 15) is 4.79 Å². The molecule has 0 spiro atoms. The normalized spacial score (nSPS) is 18.1. The molecular formula is C18H22N2O2S. The van der Waals surface area contributed by atoms with E-state index in [4.69, 9.17) is 4.42 Å². The average Bonchev–Trinajstić information content (AvgIpc) is 3.14. The highest BCUT2D eigenvalue weighted by atomic mass is 32.1. The SMILES string of the molecule is CC(C)(C)[C@H]1CCc2c(C(=O)NN=Cc3ccoc3)csc2C1. The second-order valence-corrected chi connectivity index (χ2v) is 8.08. The predicted octanol–water partition coefficient (Wildman–Crippen LogP) is 4.26. The zero-order valence-corrected chi connectivity index (χ0v) is 14.6. The number of thiophene rings is 1. The summed E-state index contributed by atoms with van der Waals surface area (Å²) in [5.41, 5.74) is 5.75. The molecule has 2 aromatic heterocycles. The maximum Gasteiger partial charge on any atom is 0.272 e. The summed E-state index contributed by atoms with van der Waals surface area (Å²) >= 11 is 1.70. The molecule has 0 bridgehead atoms. The van der Waals surface area contributed by atoms with Gasteiger partial charge in [0, 0.05) is 15.8 Å². The number of amides is 1. The minimum atomic E-state index is -0.128. The van der Waals surface area contributed by atoms with Gasteiger partial charge >= 0.3 is 0 Å². The van der Waals surface area contributed by atoms with Gasteiger partial charge in [-0.05, 0) is 42.2 Å². The predicted molar refractivity (Wildman–Crippen MR) is 93.1 cm³/mol. The van der Waals surface area contributed by atoms with E-state index in [-0.39, 0.29) is 5.91 Å². The Labute approximate surface area is 140 Å². The van der Waals surface area contributed by atoms with Crippen molar-refractivity contribution in [3.05, 3.63) is 45.5 Å². The number of nitrogens with zero attached hydrogens (tertiary/aromatic N) is 1. The number of hydrogen-bond acceptors (Lipinski definition) is 4. The Morgan fingerprint density at radius 3 is 3.00 bits per heavy atom. The van der Waals surface area contributed by atoms with Gasteiger partial charge in [-0.1, -0.05) is 20.8 Å². The lowest BCUT2D eigenvalue weighted by atomic mass is 9.72. The number of hydrogen-bond donors (Lipinski definition) is 1. The summed E-state index contributed by atoms with van der Waals surface area (Å²) in [6.45, 7) is 6.90. The number of fused-ring (bicyclic) bond motifs is 1. The van der Waals surface area contributed by atoms with Gasteiger partial charge in [-0.15, -0.1) is 11.3 Å². The summed E-state index contributed by atoms with van der Waals surface area (Å²) in [5.74, 6) is 0.556. The third-order valence-electron chi connectivity index (χ3n) is 4.55. The van der Waals surface area contributed by atoms with Gasteiger partial charge in [0.25, 0.3) is 5.91 Å². The van der Waals surface area contributed by atoms with Gasteiger partial charge in [-0.2, -0.15) is 5.10 Å². The van der Waals surface area contributed by atoms with E-state index in [2.05, 4.69) is 31.3 Å². The fourth-order valence-electron chi connectivity index (χ4n) is 3.02. The van der Waals surface area contributed by atoms with Crippen LogP contribution in [0.4, 0.5) is 0 Å². The van der Waals surface area contributed by atoms with Crippen molar-refractivity contribution < 1.29 is 9.21 Å². The highest BCUT2D eigenvalue weighted by Crippen LogP contribution is 2.40. The van der Waals surface area contributed by atoms with Crippen LogP contribution in [0.5, 0.6) is 0 Å². The number of nitrogens with one attached hydrogen (secondary N) is 1. The first-order valence-corrected chi connectivity index (χ1v) is 8.78. The van der Waals surface area contributed by atoms with Crippen molar-refractivity contribution in [1.82, 2.24) is 5.43 Å². The van der Waals surface area contributed by atoms with Gasteiger partial charge in [0.2, 0.25) is 0 Å². The van der Waals surface area contributed by atoms with Gasteiger partial charge in [-0.25, -0.2) is 5.43 Å². The lowest BCUT2D eigenvalue weighted by molar-refractivity contribution is 0.0954. The molecule has 4 nitrogen and oxygen atoms in total. The van der Waals surface area contributed by atoms with Crippen molar-refractivity contribution in [3.8, 4) is 0 Å². The Hall–Kier alpha value is -1.88. The van der Waals surface area contributed by atoms with Crippen molar-refractivity contribution in [2.75, 3.05) is 0 Å². The molecule has 1 aliphatic carbocycles. The minimum Gasteiger partial charge on any atom is -0.472 e. The lowest BCUT2D eigenvalue weighted by Crippen LogP contribution is -2.27. The average molecular weight is 330 g/mol. The Morgan fingerprint density at radius 1 is 1.48 bits per heavy atom. The van der Waals surface area contributed by atoms with Crippen LogP contribution in [-0.4, -0.2) is 12.1 Å².